The summed E-state index contributed by atoms with van der Waals surface area (Å²) in [6.45, 7) is 3.46. The van der Waals surface area contributed by atoms with Crippen LogP contribution in [0.25, 0.3) is 0 Å². The number of carbonyl (C=O) groups is 2. The summed E-state index contributed by atoms with van der Waals surface area (Å²) < 4.78 is 27.8. The highest BCUT2D eigenvalue weighted by atomic mass is 19.1. The van der Waals surface area contributed by atoms with Crippen molar-refractivity contribution < 1.29 is 18.4 Å². The van der Waals surface area contributed by atoms with Gasteiger partial charge in [0.05, 0.1) is 23.6 Å². The highest BCUT2D eigenvalue weighted by Gasteiger charge is 2.50. The van der Waals surface area contributed by atoms with Crippen molar-refractivity contribution in [3.05, 3.63) is 65.7 Å². The Hall–Kier alpha value is -2.84. The van der Waals surface area contributed by atoms with Crippen LogP contribution in [0.3, 0.4) is 0 Å². The number of hydrogen-bond donors (Lipinski definition) is 2. The second-order valence-electron chi connectivity index (χ2n) is 7.65. The summed E-state index contributed by atoms with van der Waals surface area (Å²) in [7, 11) is 0. The molecule has 2 aromatic rings. The topological polar surface area (TPSA) is 64.7 Å². The van der Waals surface area contributed by atoms with Crippen LogP contribution in [0.4, 0.5) is 14.5 Å². The predicted octanol–water partition coefficient (Wildman–Crippen LogP) is 2.07. The van der Waals surface area contributed by atoms with Crippen molar-refractivity contribution in [1.29, 1.82) is 0 Å². The first-order valence-corrected chi connectivity index (χ1v) is 10.1. The first-order valence-electron chi connectivity index (χ1n) is 10.1. The molecule has 2 aliphatic heterocycles. The fraction of sp³-hybridized carbons (Fsp3) is 0.364. The summed E-state index contributed by atoms with van der Waals surface area (Å²) in [6, 6.07) is 12.4. The molecule has 0 saturated carbocycles. The Morgan fingerprint density at radius 2 is 1.80 bits per heavy atom. The van der Waals surface area contributed by atoms with E-state index in [9.17, 15) is 18.4 Å². The van der Waals surface area contributed by atoms with Gasteiger partial charge in [-0.3, -0.25) is 9.59 Å². The van der Waals surface area contributed by atoms with E-state index in [0.717, 1.165) is 12.1 Å². The van der Waals surface area contributed by atoms with E-state index in [-0.39, 0.29) is 35.9 Å². The lowest BCUT2D eigenvalue weighted by molar-refractivity contribution is -0.129. The number of rotatable bonds is 5. The lowest BCUT2D eigenvalue weighted by Crippen LogP contribution is -2.57. The van der Waals surface area contributed by atoms with Crippen LogP contribution in [0.5, 0.6) is 0 Å². The maximum atomic E-state index is 13.9. The SMILES string of the molecule is CCN1CC(C(=O)NCc2c(F)cccc2F)C2NN(c3ccccc3)C(=O)C2C1. The number of amides is 2. The van der Waals surface area contributed by atoms with E-state index >= 15 is 0 Å². The third-order valence-corrected chi connectivity index (χ3v) is 5.89. The van der Waals surface area contributed by atoms with Crippen LogP contribution in [-0.4, -0.2) is 42.4 Å². The van der Waals surface area contributed by atoms with E-state index in [4.69, 9.17) is 0 Å². The number of nitrogens with one attached hydrogen (secondary N) is 2. The number of nitrogens with zero attached hydrogens (tertiary/aromatic N) is 2. The fourth-order valence-corrected chi connectivity index (χ4v) is 4.22. The summed E-state index contributed by atoms with van der Waals surface area (Å²) in [4.78, 5) is 28.1. The zero-order chi connectivity index (χ0) is 21.3. The highest BCUT2D eigenvalue weighted by Crippen LogP contribution is 2.31. The zero-order valence-corrected chi connectivity index (χ0v) is 16.6. The molecule has 6 nitrogen and oxygen atoms in total. The number of hydrazine groups is 1. The molecule has 30 heavy (non-hydrogen) atoms. The van der Waals surface area contributed by atoms with Crippen molar-refractivity contribution in [1.82, 2.24) is 15.6 Å². The standard InChI is InChI=1S/C22H24F2N4O2/c1-2-27-12-16(21(29)25-11-15-18(23)9-6-10-19(15)24)20-17(13-27)22(30)28(26-20)14-7-4-3-5-8-14/h3-10,16-17,20,26H,2,11-13H2,1H3,(H,25,29). The summed E-state index contributed by atoms with van der Waals surface area (Å²) in [5.74, 6) is -2.72. The van der Waals surface area contributed by atoms with Gasteiger partial charge in [0.15, 0.2) is 0 Å². The van der Waals surface area contributed by atoms with Gasteiger partial charge in [0.2, 0.25) is 11.8 Å². The first-order chi connectivity index (χ1) is 14.5. The largest absolute Gasteiger partial charge is 0.351 e. The van der Waals surface area contributed by atoms with E-state index < -0.39 is 17.6 Å². The van der Waals surface area contributed by atoms with Gasteiger partial charge in [-0.2, -0.15) is 0 Å². The van der Waals surface area contributed by atoms with Crippen molar-refractivity contribution in [2.24, 2.45) is 11.8 Å². The normalized spacial score (nSPS) is 24.0. The molecule has 2 saturated heterocycles. The molecular weight excluding hydrogens is 390 g/mol. The first kappa shape index (κ1) is 20.4. The van der Waals surface area contributed by atoms with Crippen molar-refractivity contribution >= 4 is 17.5 Å². The quantitative estimate of drug-likeness (QED) is 0.786. The van der Waals surface area contributed by atoms with Gasteiger partial charge in [-0.15, -0.1) is 0 Å². The molecular formula is C22H24F2N4O2. The number of piperidine rings is 1. The zero-order valence-electron chi connectivity index (χ0n) is 16.6. The molecule has 2 heterocycles. The van der Waals surface area contributed by atoms with Crippen LogP contribution in [-0.2, 0) is 16.1 Å². The third kappa shape index (κ3) is 3.80. The Bertz CT molecular complexity index is 920. The number of likely N-dealkylation sites (tertiary alicyclic amines) is 1. The molecule has 0 bridgehead atoms. The molecule has 4 rings (SSSR count). The number of hydrogen-bond acceptors (Lipinski definition) is 4. The lowest BCUT2D eigenvalue weighted by atomic mass is 9.84. The fourth-order valence-electron chi connectivity index (χ4n) is 4.22. The molecule has 0 radical (unpaired) electrons. The number of para-hydroxylation sites is 1. The van der Waals surface area contributed by atoms with Crippen molar-refractivity contribution in [2.45, 2.75) is 19.5 Å². The summed E-state index contributed by atoms with van der Waals surface area (Å²) in [5.41, 5.74) is 3.74. The van der Waals surface area contributed by atoms with Crippen LogP contribution in [0, 0.1) is 23.5 Å². The molecule has 0 spiro atoms. The second kappa shape index (κ2) is 8.49. The number of carbonyl (C=O) groups excluding carboxylic acids is 2. The monoisotopic (exact) mass is 414 g/mol. The smallest absolute Gasteiger partial charge is 0.247 e. The van der Waals surface area contributed by atoms with Gasteiger partial charge in [-0.05, 0) is 30.8 Å². The minimum absolute atomic E-state index is 0.0812. The van der Waals surface area contributed by atoms with Gasteiger partial charge in [0.25, 0.3) is 0 Å². The molecule has 0 aromatic heterocycles. The Labute approximate surface area is 173 Å². The Balaban J connectivity index is 1.53. The minimum Gasteiger partial charge on any atom is -0.351 e. The number of anilines is 1. The van der Waals surface area contributed by atoms with Gasteiger partial charge in [-0.25, -0.2) is 19.2 Å². The maximum Gasteiger partial charge on any atom is 0.247 e. The Kier molecular flexibility index (Phi) is 5.78. The number of fused-ring (bicyclic) bond motifs is 1. The Morgan fingerprint density at radius 1 is 1.10 bits per heavy atom. The van der Waals surface area contributed by atoms with Gasteiger partial charge in [-0.1, -0.05) is 31.2 Å². The minimum atomic E-state index is -0.698. The maximum absolute atomic E-state index is 13.9. The average molecular weight is 414 g/mol. The predicted molar refractivity (Wildman–Crippen MR) is 108 cm³/mol. The van der Waals surface area contributed by atoms with Gasteiger partial charge in [0.1, 0.15) is 11.6 Å². The van der Waals surface area contributed by atoms with Crippen LogP contribution in [0.1, 0.15) is 12.5 Å². The second-order valence-corrected chi connectivity index (χ2v) is 7.65. The molecule has 3 unspecified atom stereocenters. The van der Waals surface area contributed by atoms with E-state index in [2.05, 4.69) is 15.6 Å². The average Bonchev–Trinajstić information content (AvgIpc) is 3.09. The molecule has 8 heteroatoms. The van der Waals surface area contributed by atoms with E-state index in [1.807, 2.05) is 37.3 Å². The Morgan fingerprint density at radius 3 is 2.47 bits per heavy atom. The third-order valence-electron chi connectivity index (χ3n) is 5.89. The van der Waals surface area contributed by atoms with Crippen LogP contribution in [0.2, 0.25) is 0 Å². The van der Waals surface area contributed by atoms with E-state index in [0.29, 0.717) is 25.3 Å². The summed E-state index contributed by atoms with van der Waals surface area (Å²) in [5, 5.41) is 4.17. The van der Waals surface area contributed by atoms with Crippen LogP contribution >= 0.6 is 0 Å². The lowest BCUT2D eigenvalue weighted by Gasteiger charge is -2.37. The van der Waals surface area contributed by atoms with Gasteiger partial charge in [0, 0.05) is 25.2 Å². The van der Waals surface area contributed by atoms with Crippen molar-refractivity contribution in [2.75, 3.05) is 24.6 Å². The van der Waals surface area contributed by atoms with Crippen LogP contribution in [0.15, 0.2) is 48.5 Å². The number of halogens is 2. The summed E-state index contributed by atoms with van der Waals surface area (Å²) >= 11 is 0. The van der Waals surface area contributed by atoms with E-state index in [1.54, 1.807) is 0 Å². The molecule has 2 N–H and O–H groups in total. The molecule has 158 valence electrons. The van der Waals surface area contributed by atoms with E-state index in [1.165, 1.54) is 11.1 Å². The molecule has 3 atom stereocenters. The molecule has 2 fully saturated rings. The molecule has 2 aliphatic rings. The van der Waals surface area contributed by atoms with Crippen molar-refractivity contribution in [3.8, 4) is 0 Å². The molecule has 2 amide bonds. The molecule has 2 aromatic carbocycles. The highest BCUT2D eigenvalue weighted by molar-refractivity contribution is 5.98. The molecule has 0 aliphatic carbocycles. The van der Waals surface area contributed by atoms with Gasteiger partial charge >= 0.3 is 0 Å². The number of benzene rings is 2. The summed E-state index contributed by atoms with van der Waals surface area (Å²) in [6.07, 6.45) is 0. The van der Waals surface area contributed by atoms with Crippen molar-refractivity contribution in [3.63, 3.8) is 0 Å². The van der Waals surface area contributed by atoms with Gasteiger partial charge < -0.3 is 10.2 Å². The van der Waals surface area contributed by atoms with Crippen LogP contribution < -0.4 is 15.8 Å².